The number of aliphatic hydroxyl groups is 1. The largest absolute Gasteiger partial charge is 0.393 e. The molecular weight excluding hydrogens is 316 g/mol. The fourth-order valence-electron chi connectivity index (χ4n) is 4.16. The standard InChI is InChI=1S/C19H28N4O2/c1-13-14(2)23(15-5-3-4-6-15)19(17(13)11-20)21-18(25)12-22-9-7-16(24)8-10-22/h15-16,24H,3-10,12H2,1-2H3,(H,21,25). The summed E-state index contributed by atoms with van der Waals surface area (Å²) >= 11 is 0. The van der Waals surface area contributed by atoms with Crippen LogP contribution < -0.4 is 5.32 Å². The summed E-state index contributed by atoms with van der Waals surface area (Å²) in [5, 5.41) is 22.2. The molecule has 0 unspecified atom stereocenters. The lowest BCUT2D eigenvalue weighted by atomic mass is 10.1. The van der Waals surface area contributed by atoms with Crippen molar-refractivity contribution in [2.24, 2.45) is 0 Å². The van der Waals surface area contributed by atoms with Gasteiger partial charge in [-0.3, -0.25) is 9.69 Å². The summed E-state index contributed by atoms with van der Waals surface area (Å²) < 4.78 is 2.18. The Morgan fingerprint density at radius 1 is 1.24 bits per heavy atom. The Bertz CT molecular complexity index is 675. The van der Waals surface area contributed by atoms with Gasteiger partial charge in [0, 0.05) is 24.8 Å². The molecule has 2 heterocycles. The number of amides is 1. The van der Waals surface area contributed by atoms with Crippen molar-refractivity contribution in [1.29, 1.82) is 5.26 Å². The Hall–Kier alpha value is -1.84. The number of hydrogen-bond donors (Lipinski definition) is 2. The van der Waals surface area contributed by atoms with Gasteiger partial charge in [-0.05, 0) is 45.1 Å². The van der Waals surface area contributed by atoms with Crippen molar-refractivity contribution in [3.05, 3.63) is 16.8 Å². The molecule has 1 aliphatic carbocycles. The van der Waals surface area contributed by atoms with Gasteiger partial charge in [0.2, 0.25) is 5.91 Å². The highest BCUT2D eigenvalue weighted by atomic mass is 16.3. The van der Waals surface area contributed by atoms with E-state index in [1.165, 1.54) is 12.8 Å². The van der Waals surface area contributed by atoms with Gasteiger partial charge in [0.1, 0.15) is 11.9 Å². The third-order valence-corrected chi connectivity index (χ3v) is 5.74. The minimum Gasteiger partial charge on any atom is -0.393 e. The van der Waals surface area contributed by atoms with Gasteiger partial charge in [-0.1, -0.05) is 12.8 Å². The first-order valence-corrected chi connectivity index (χ1v) is 9.33. The van der Waals surface area contributed by atoms with E-state index in [4.69, 9.17) is 0 Å². The molecule has 0 bridgehead atoms. The molecule has 1 saturated carbocycles. The average molecular weight is 344 g/mol. The second-order valence-corrected chi connectivity index (χ2v) is 7.41. The molecule has 1 aromatic heterocycles. The fourth-order valence-corrected chi connectivity index (χ4v) is 4.16. The van der Waals surface area contributed by atoms with Gasteiger partial charge in [-0.2, -0.15) is 5.26 Å². The monoisotopic (exact) mass is 344 g/mol. The average Bonchev–Trinajstić information content (AvgIpc) is 3.18. The highest BCUT2D eigenvalue weighted by Gasteiger charge is 2.27. The zero-order valence-corrected chi connectivity index (χ0v) is 15.2. The molecule has 1 aliphatic heterocycles. The fraction of sp³-hybridized carbons (Fsp3) is 0.684. The number of piperidine rings is 1. The van der Waals surface area contributed by atoms with Gasteiger partial charge in [0.15, 0.2) is 0 Å². The van der Waals surface area contributed by atoms with E-state index >= 15 is 0 Å². The van der Waals surface area contributed by atoms with E-state index in [1.807, 2.05) is 13.8 Å². The Morgan fingerprint density at radius 3 is 2.48 bits per heavy atom. The molecule has 2 fully saturated rings. The van der Waals surface area contributed by atoms with Crippen molar-refractivity contribution in [2.75, 3.05) is 25.0 Å². The van der Waals surface area contributed by atoms with Crippen molar-refractivity contribution in [3.8, 4) is 6.07 Å². The van der Waals surface area contributed by atoms with Crippen molar-refractivity contribution >= 4 is 11.7 Å². The van der Waals surface area contributed by atoms with Gasteiger partial charge in [0.05, 0.1) is 18.2 Å². The summed E-state index contributed by atoms with van der Waals surface area (Å²) in [5.74, 6) is 0.594. The molecule has 0 radical (unpaired) electrons. The van der Waals surface area contributed by atoms with Gasteiger partial charge in [-0.25, -0.2) is 0 Å². The van der Waals surface area contributed by atoms with E-state index in [1.54, 1.807) is 0 Å². The molecule has 0 spiro atoms. The number of likely N-dealkylation sites (tertiary alicyclic amines) is 1. The third kappa shape index (κ3) is 3.73. The van der Waals surface area contributed by atoms with Crippen molar-refractivity contribution in [2.45, 2.75) is 64.5 Å². The third-order valence-electron chi connectivity index (χ3n) is 5.74. The Balaban J connectivity index is 1.77. The number of nitrogens with one attached hydrogen (secondary N) is 1. The number of carbonyl (C=O) groups excluding carboxylic acids is 1. The molecule has 1 aromatic rings. The summed E-state index contributed by atoms with van der Waals surface area (Å²) in [5.41, 5.74) is 2.64. The van der Waals surface area contributed by atoms with Crippen LogP contribution in [0.4, 0.5) is 5.82 Å². The van der Waals surface area contributed by atoms with Crippen LogP contribution in [-0.2, 0) is 4.79 Å². The predicted octanol–water partition coefficient (Wildman–Crippen LogP) is 2.49. The van der Waals surface area contributed by atoms with E-state index in [0.29, 0.717) is 36.8 Å². The molecule has 2 aliphatic rings. The Labute approximate surface area is 149 Å². The van der Waals surface area contributed by atoms with Crippen molar-refractivity contribution in [1.82, 2.24) is 9.47 Å². The lowest BCUT2D eigenvalue weighted by Gasteiger charge is -2.29. The smallest absolute Gasteiger partial charge is 0.239 e. The molecule has 0 atom stereocenters. The van der Waals surface area contributed by atoms with E-state index in [-0.39, 0.29) is 12.0 Å². The highest BCUT2D eigenvalue weighted by molar-refractivity contribution is 5.93. The molecule has 136 valence electrons. The lowest BCUT2D eigenvalue weighted by molar-refractivity contribution is -0.117. The predicted molar refractivity (Wildman–Crippen MR) is 96.4 cm³/mol. The minimum absolute atomic E-state index is 0.0790. The van der Waals surface area contributed by atoms with Crippen molar-refractivity contribution < 1.29 is 9.90 Å². The van der Waals surface area contributed by atoms with Crippen LogP contribution in [0, 0.1) is 25.2 Å². The van der Waals surface area contributed by atoms with Crippen LogP contribution in [0.3, 0.4) is 0 Å². The van der Waals surface area contributed by atoms with Gasteiger partial charge in [-0.15, -0.1) is 0 Å². The highest BCUT2D eigenvalue weighted by Crippen LogP contribution is 2.37. The minimum atomic E-state index is -0.241. The van der Waals surface area contributed by atoms with E-state index in [2.05, 4.69) is 20.9 Å². The first-order valence-electron chi connectivity index (χ1n) is 9.33. The van der Waals surface area contributed by atoms with Crippen LogP contribution in [0.2, 0.25) is 0 Å². The van der Waals surface area contributed by atoms with Crippen LogP contribution >= 0.6 is 0 Å². The summed E-state index contributed by atoms with van der Waals surface area (Å²) in [7, 11) is 0. The molecular formula is C19H28N4O2. The second-order valence-electron chi connectivity index (χ2n) is 7.41. The summed E-state index contributed by atoms with van der Waals surface area (Å²) in [6, 6.07) is 2.66. The molecule has 1 saturated heterocycles. The zero-order valence-electron chi connectivity index (χ0n) is 15.2. The van der Waals surface area contributed by atoms with Crippen LogP contribution in [0.25, 0.3) is 0 Å². The molecule has 3 rings (SSSR count). The molecule has 0 aromatic carbocycles. The first-order chi connectivity index (χ1) is 12.0. The molecule has 6 heteroatoms. The topological polar surface area (TPSA) is 81.3 Å². The maximum atomic E-state index is 12.6. The number of aliphatic hydroxyl groups excluding tert-OH is 1. The van der Waals surface area contributed by atoms with Gasteiger partial charge in [0.25, 0.3) is 0 Å². The Kier molecular flexibility index (Phi) is 5.45. The summed E-state index contributed by atoms with van der Waals surface area (Å²) in [6.07, 6.45) is 5.80. The molecule has 1 amide bonds. The number of nitrogens with zero attached hydrogens (tertiary/aromatic N) is 3. The second kappa shape index (κ2) is 7.59. The number of anilines is 1. The quantitative estimate of drug-likeness (QED) is 0.879. The molecule has 25 heavy (non-hydrogen) atoms. The summed E-state index contributed by atoms with van der Waals surface area (Å²) in [6.45, 7) is 5.78. The van der Waals surface area contributed by atoms with E-state index in [9.17, 15) is 15.2 Å². The number of carbonyl (C=O) groups is 1. The number of rotatable bonds is 4. The van der Waals surface area contributed by atoms with Crippen LogP contribution in [-0.4, -0.2) is 46.2 Å². The van der Waals surface area contributed by atoms with Crippen LogP contribution in [0.1, 0.15) is 61.4 Å². The van der Waals surface area contributed by atoms with Gasteiger partial charge < -0.3 is 15.0 Å². The SMILES string of the molecule is Cc1c(C#N)c(NC(=O)CN2CCC(O)CC2)n(C2CCCC2)c1C. The zero-order chi connectivity index (χ0) is 18.0. The van der Waals surface area contributed by atoms with Crippen LogP contribution in [0.5, 0.6) is 0 Å². The summed E-state index contributed by atoms with van der Waals surface area (Å²) in [4.78, 5) is 14.6. The molecule has 2 N–H and O–H groups in total. The normalized spacial score (nSPS) is 19.9. The van der Waals surface area contributed by atoms with E-state index < -0.39 is 0 Å². The van der Waals surface area contributed by atoms with Gasteiger partial charge >= 0.3 is 0 Å². The number of hydrogen-bond acceptors (Lipinski definition) is 4. The maximum absolute atomic E-state index is 12.6. The lowest BCUT2D eigenvalue weighted by Crippen LogP contribution is -2.40. The maximum Gasteiger partial charge on any atom is 0.239 e. The molecule has 6 nitrogen and oxygen atoms in total. The number of aromatic nitrogens is 1. The Morgan fingerprint density at radius 2 is 1.88 bits per heavy atom. The van der Waals surface area contributed by atoms with E-state index in [0.717, 1.165) is 37.2 Å². The first kappa shape index (κ1) is 18.0. The van der Waals surface area contributed by atoms with Crippen LogP contribution in [0.15, 0.2) is 0 Å². The van der Waals surface area contributed by atoms with Crippen molar-refractivity contribution in [3.63, 3.8) is 0 Å². The number of nitriles is 1.